The molecule has 1 aromatic heterocycles. The van der Waals surface area contributed by atoms with E-state index in [1.807, 2.05) is 0 Å². The van der Waals surface area contributed by atoms with E-state index < -0.39 is 0 Å². The SMILES string of the molecule is CCn1c(SCC(=O)Nc2c(C(C)C)cccc2C(C)C)nnc1-c1ccc(C)cc1. The molecule has 2 aromatic carbocycles. The summed E-state index contributed by atoms with van der Waals surface area (Å²) in [6.07, 6.45) is 0. The molecular formula is C25H32N4OS. The summed E-state index contributed by atoms with van der Waals surface area (Å²) in [6, 6.07) is 14.5. The van der Waals surface area contributed by atoms with E-state index in [2.05, 4.69) is 104 Å². The van der Waals surface area contributed by atoms with E-state index in [0.29, 0.717) is 11.8 Å². The van der Waals surface area contributed by atoms with Crippen molar-refractivity contribution in [3.8, 4) is 11.4 Å². The van der Waals surface area contributed by atoms with Crippen LogP contribution in [0.25, 0.3) is 11.4 Å². The van der Waals surface area contributed by atoms with Crippen LogP contribution in [0.1, 0.15) is 63.1 Å². The zero-order valence-electron chi connectivity index (χ0n) is 19.3. The Hall–Kier alpha value is -2.60. The fourth-order valence-corrected chi connectivity index (χ4v) is 4.40. The van der Waals surface area contributed by atoms with Crippen LogP contribution >= 0.6 is 11.8 Å². The van der Waals surface area contributed by atoms with Gasteiger partial charge in [-0.15, -0.1) is 10.2 Å². The fraction of sp³-hybridized carbons (Fsp3) is 0.400. The number of rotatable bonds is 8. The van der Waals surface area contributed by atoms with E-state index in [0.717, 1.165) is 28.8 Å². The average Bonchev–Trinajstić information content (AvgIpc) is 3.15. The molecule has 0 saturated carbocycles. The van der Waals surface area contributed by atoms with Crippen LogP contribution in [0.3, 0.4) is 0 Å². The molecule has 3 aromatic rings. The topological polar surface area (TPSA) is 59.8 Å². The Labute approximate surface area is 189 Å². The van der Waals surface area contributed by atoms with E-state index in [-0.39, 0.29) is 11.7 Å². The van der Waals surface area contributed by atoms with Gasteiger partial charge in [0.1, 0.15) is 0 Å². The van der Waals surface area contributed by atoms with Crippen LogP contribution < -0.4 is 5.32 Å². The van der Waals surface area contributed by atoms with Gasteiger partial charge in [-0.25, -0.2) is 0 Å². The Morgan fingerprint density at radius 2 is 1.61 bits per heavy atom. The van der Waals surface area contributed by atoms with Gasteiger partial charge in [-0.2, -0.15) is 0 Å². The molecule has 1 amide bonds. The zero-order valence-corrected chi connectivity index (χ0v) is 20.1. The Bertz CT molecular complexity index is 1010. The molecule has 164 valence electrons. The molecule has 0 spiro atoms. The normalized spacial score (nSPS) is 11.4. The molecule has 0 radical (unpaired) electrons. The number of aromatic nitrogens is 3. The van der Waals surface area contributed by atoms with E-state index in [1.165, 1.54) is 28.5 Å². The number of thioether (sulfide) groups is 1. The molecule has 3 rings (SSSR count). The highest BCUT2D eigenvalue weighted by atomic mass is 32.2. The van der Waals surface area contributed by atoms with Crippen molar-refractivity contribution in [3.05, 3.63) is 59.2 Å². The molecule has 0 aliphatic rings. The number of hydrogen-bond donors (Lipinski definition) is 1. The lowest BCUT2D eigenvalue weighted by atomic mass is 9.92. The molecule has 1 heterocycles. The Morgan fingerprint density at radius 3 is 2.16 bits per heavy atom. The molecular weight excluding hydrogens is 404 g/mol. The Kier molecular flexibility index (Phi) is 7.55. The highest BCUT2D eigenvalue weighted by Crippen LogP contribution is 2.33. The van der Waals surface area contributed by atoms with Crippen LogP contribution in [0.2, 0.25) is 0 Å². The summed E-state index contributed by atoms with van der Waals surface area (Å²) >= 11 is 1.42. The summed E-state index contributed by atoms with van der Waals surface area (Å²) in [4.78, 5) is 12.9. The van der Waals surface area contributed by atoms with E-state index in [9.17, 15) is 4.79 Å². The molecule has 31 heavy (non-hydrogen) atoms. The second-order valence-electron chi connectivity index (χ2n) is 8.37. The van der Waals surface area contributed by atoms with Crippen molar-refractivity contribution in [2.45, 2.75) is 65.1 Å². The van der Waals surface area contributed by atoms with Crippen molar-refractivity contribution >= 4 is 23.4 Å². The number of aryl methyl sites for hydroxylation is 1. The van der Waals surface area contributed by atoms with Crippen molar-refractivity contribution in [1.29, 1.82) is 0 Å². The lowest BCUT2D eigenvalue weighted by Gasteiger charge is -2.20. The lowest BCUT2D eigenvalue weighted by Crippen LogP contribution is -2.18. The van der Waals surface area contributed by atoms with Gasteiger partial charge in [0.25, 0.3) is 0 Å². The number of hydrogen-bond acceptors (Lipinski definition) is 4. The van der Waals surface area contributed by atoms with Gasteiger partial charge in [0, 0.05) is 17.8 Å². The lowest BCUT2D eigenvalue weighted by molar-refractivity contribution is -0.113. The van der Waals surface area contributed by atoms with Crippen LogP contribution in [-0.2, 0) is 11.3 Å². The average molecular weight is 437 g/mol. The number of nitrogens with one attached hydrogen (secondary N) is 1. The van der Waals surface area contributed by atoms with Gasteiger partial charge >= 0.3 is 0 Å². The number of amides is 1. The van der Waals surface area contributed by atoms with Gasteiger partial charge in [-0.05, 0) is 36.8 Å². The van der Waals surface area contributed by atoms with E-state index >= 15 is 0 Å². The molecule has 0 atom stereocenters. The monoisotopic (exact) mass is 436 g/mol. The van der Waals surface area contributed by atoms with Crippen LogP contribution in [0.5, 0.6) is 0 Å². The van der Waals surface area contributed by atoms with Crippen molar-refractivity contribution < 1.29 is 4.79 Å². The first-order valence-corrected chi connectivity index (χ1v) is 11.9. The molecule has 0 unspecified atom stereocenters. The van der Waals surface area contributed by atoms with Gasteiger partial charge in [-0.1, -0.05) is 87.5 Å². The third kappa shape index (κ3) is 5.37. The molecule has 0 bridgehead atoms. The first kappa shape index (κ1) is 23.1. The molecule has 5 nitrogen and oxygen atoms in total. The maximum absolute atomic E-state index is 12.9. The summed E-state index contributed by atoms with van der Waals surface area (Å²) in [6.45, 7) is 13.5. The Balaban J connectivity index is 1.76. The van der Waals surface area contributed by atoms with Crippen LogP contribution in [0, 0.1) is 6.92 Å². The quantitative estimate of drug-likeness (QED) is 0.424. The predicted octanol–water partition coefficient (Wildman–Crippen LogP) is 6.25. The number of carbonyl (C=O) groups excluding carboxylic acids is 1. The summed E-state index contributed by atoms with van der Waals surface area (Å²) in [5, 5.41) is 12.7. The number of anilines is 1. The summed E-state index contributed by atoms with van der Waals surface area (Å²) in [7, 11) is 0. The second-order valence-corrected chi connectivity index (χ2v) is 9.32. The van der Waals surface area contributed by atoms with Gasteiger partial charge < -0.3 is 9.88 Å². The number of para-hydroxylation sites is 1. The van der Waals surface area contributed by atoms with Gasteiger partial charge in [-0.3, -0.25) is 4.79 Å². The fourth-order valence-electron chi connectivity index (χ4n) is 3.60. The minimum Gasteiger partial charge on any atom is -0.325 e. The maximum Gasteiger partial charge on any atom is 0.234 e. The standard InChI is InChI=1S/C25H32N4OS/c1-7-29-24(19-13-11-18(6)12-14-19)27-28-25(29)31-15-22(30)26-23-20(16(2)3)9-8-10-21(23)17(4)5/h8-14,16-17H,7,15H2,1-6H3,(H,26,30). The number of benzene rings is 2. The maximum atomic E-state index is 12.9. The van der Waals surface area contributed by atoms with Crippen molar-refractivity contribution in [3.63, 3.8) is 0 Å². The van der Waals surface area contributed by atoms with Crippen molar-refractivity contribution in [1.82, 2.24) is 14.8 Å². The first-order valence-electron chi connectivity index (χ1n) is 10.9. The van der Waals surface area contributed by atoms with E-state index in [4.69, 9.17) is 0 Å². The summed E-state index contributed by atoms with van der Waals surface area (Å²) < 4.78 is 2.06. The molecule has 0 aliphatic heterocycles. The highest BCUT2D eigenvalue weighted by molar-refractivity contribution is 7.99. The third-order valence-corrected chi connectivity index (χ3v) is 6.28. The minimum atomic E-state index is -0.0254. The zero-order chi connectivity index (χ0) is 22.5. The van der Waals surface area contributed by atoms with E-state index in [1.54, 1.807) is 0 Å². The molecule has 0 saturated heterocycles. The molecule has 1 N–H and O–H groups in total. The highest BCUT2D eigenvalue weighted by Gasteiger charge is 2.18. The molecule has 0 aliphatic carbocycles. The predicted molar refractivity (Wildman–Crippen MR) is 130 cm³/mol. The first-order chi connectivity index (χ1) is 14.8. The van der Waals surface area contributed by atoms with Crippen LogP contribution in [-0.4, -0.2) is 26.4 Å². The minimum absolute atomic E-state index is 0.0254. The number of carbonyl (C=O) groups is 1. The van der Waals surface area contributed by atoms with Crippen LogP contribution in [0.4, 0.5) is 5.69 Å². The summed E-state index contributed by atoms with van der Waals surface area (Å²) in [5.74, 6) is 1.76. The van der Waals surface area contributed by atoms with Gasteiger partial charge in [0.2, 0.25) is 5.91 Å². The smallest absolute Gasteiger partial charge is 0.234 e. The third-order valence-electron chi connectivity index (χ3n) is 5.31. The molecule has 0 fully saturated rings. The second kappa shape index (κ2) is 10.1. The summed E-state index contributed by atoms with van der Waals surface area (Å²) in [5.41, 5.74) is 5.53. The molecule has 6 heteroatoms. The van der Waals surface area contributed by atoms with Crippen molar-refractivity contribution in [2.24, 2.45) is 0 Å². The number of nitrogens with zero attached hydrogens (tertiary/aromatic N) is 3. The van der Waals surface area contributed by atoms with Gasteiger partial charge in [0.05, 0.1) is 5.75 Å². The van der Waals surface area contributed by atoms with Gasteiger partial charge in [0.15, 0.2) is 11.0 Å². The largest absolute Gasteiger partial charge is 0.325 e. The Morgan fingerprint density at radius 1 is 1.00 bits per heavy atom. The van der Waals surface area contributed by atoms with Crippen LogP contribution in [0.15, 0.2) is 47.6 Å². The van der Waals surface area contributed by atoms with Crippen molar-refractivity contribution in [2.75, 3.05) is 11.1 Å².